The van der Waals surface area contributed by atoms with Crippen LogP contribution in [0.25, 0.3) is 5.57 Å². The van der Waals surface area contributed by atoms with Gasteiger partial charge in [0, 0.05) is 5.02 Å². The molecule has 14 heavy (non-hydrogen) atoms. The van der Waals surface area contributed by atoms with Crippen molar-refractivity contribution in [3.63, 3.8) is 0 Å². The smallest absolute Gasteiger partial charge is 0.0441 e. The molecule has 0 nitrogen and oxygen atoms in total. The molecule has 0 aliphatic heterocycles. The Balaban J connectivity index is 3.18. The molecule has 0 spiro atoms. The molecule has 0 fully saturated rings. The summed E-state index contributed by atoms with van der Waals surface area (Å²) in [5.74, 6) is 0. The normalized spacial score (nSPS) is 10.3. The number of hydrogen-bond donors (Lipinski definition) is 0. The first-order valence-corrected chi connectivity index (χ1v) is 5.39. The van der Waals surface area contributed by atoms with Crippen LogP contribution in [0, 0.1) is 13.8 Å². The van der Waals surface area contributed by atoms with Gasteiger partial charge in [0.1, 0.15) is 0 Å². The molecule has 1 aromatic rings. The van der Waals surface area contributed by atoms with Crippen LogP contribution in [0.2, 0.25) is 5.02 Å². The fraction of sp³-hybridized carbons (Fsp3) is 0.385. The van der Waals surface area contributed by atoms with Crippen molar-refractivity contribution in [2.24, 2.45) is 0 Å². The summed E-state index contributed by atoms with van der Waals surface area (Å²) in [5.41, 5.74) is 4.87. The van der Waals surface area contributed by atoms with Gasteiger partial charge < -0.3 is 0 Å². The number of hydrogen-bond acceptors (Lipinski definition) is 0. The zero-order chi connectivity index (χ0) is 10.7. The summed E-state index contributed by atoms with van der Waals surface area (Å²) in [5, 5.41) is 0.836. The maximum absolute atomic E-state index is 6.09. The molecule has 0 unspecified atom stereocenters. The highest BCUT2D eigenvalue weighted by Crippen LogP contribution is 2.29. The first-order valence-electron chi connectivity index (χ1n) is 5.01. The molecule has 0 bridgehead atoms. The van der Waals surface area contributed by atoms with Gasteiger partial charge in [-0.15, -0.1) is 0 Å². The highest BCUT2D eigenvalue weighted by atomic mass is 35.5. The molecular weight excluding hydrogens is 192 g/mol. The maximum atomic E-state index is 6.09. The molecule has 0 radical (unpaired) electrons. The van der Waals surface area contributed by atoms with Crippen LogP contribution in [0.3, 0.4) is 0 Å². The second-order valence-corrected chi connectivity index (χ2v) is 4.13. The first kappa shape index (κ1) is 11.3. The van der Waals surface area contributed by atoms with Gasteiger partial charge in [-0.2, -0.15) is 0 Å². The Kier molecular flexibility index (Phi) is 3.77. The third-order valence-corrected chi connectivity index (χ3v) is 2.92. The summed E-state index contributed by atoms with van der Waals surface area (Å²) in [6, 6.07) is 4.01. The predicted molar refractivity (Wildman–Crippen MR) is 64.9 cm³/mol. The van der Waals surface area contributed by atoms with E-state index >= 15 is 0 Å². The average Bonchev–Trinajstić information content (AvgIpc) is 2.13. The Bertz CT molecular complexity index is 350. The number of aryl methyl sites for hydroxylation is 1. The van der Waals surface area contributed by atoms with Crippen LogP contribution in [-0.4, -0.2) is 0 Å². The molecule has 0 atom stereocenters. The van der Waals surface area contributed by atoms with Crippen LogP contribution in [0.4, 0.5) is 0 Å². The number of benzene rings is 1. The predicted octanol–water partition coefficient (Wildman–Crippen LogP) is 4.77. The Morgan fingerprint density at radius 3 is 2.57 bits per heavy atom. The Hall–Kier alpha value is -0.750. The summed E-state index contributed by atoms with van der Waals surface area (Å²) in [6.45, 7) is 10.5. The first-order chi connectivity index (χ1) is 6.57. The van der Waals surface area contributed by atoms with E-state index < -0.39 is 0 Å². The highest BCUT2D eigenvalue weighted by Gasteiger charge is 2.08. The van der Waals surface area contributed by atoms with E-state index in [-0.39, 0.29) is 0 Å². The van der Waals surface area contributed by atoms with E-state index in [1.807, 2.05) is 6.07 Å². The lowest BCUT2D eigenvalue weighted by Crippen LogP contribution is -1.93. The molecule has 0 aliphatic rings. The third kappa shape index (κ3) is 2.19. The zero-order valence-electron chi connectivity index (χ0n) is 9.15. The van der Waals surface area contributed by atoms with Crippen LogP contribution in [0.1, 0.15) is 36.5 Å². The molecule has 0 saturated heterocycles. The van der Waals surface area contributed by atoms with Gasteiger partial charge in [0.15, 0.2) is 0 Å². The number of halogens is 1. The Morgan fingerprint density at radius 2 is 2.00 bits per heavy atom. The van der Waals surface area contributed by atoms with Crippen LogP contribution >= 0.6 is 11.6 Å². The minimum absolute atomic E-state index is 0.836. The van der Waals surface area contributed by atoms with Crippen molar-refractivity contribution in [3.05, 3.63) is 40.4 Å². The van der Waals surface area contributed by atoms with Crippen molar-refractivity contribution in [3.8, 4) is 0 Å². The monoisotopic (exact) mass is 208 g/mol. The lowest BCUT2D eigenvalue weighted by molar-refractivity contribution is 0.972. The molecule has 1 heteroatoms. The standard InChI is InChI=1S/C13H17Cl/c1-5-6-9(2)13-10(3)7-8-12(14)11(13)4/h7-8H,2,5-6H2,1,3-4H3. The lowest BCUT2D eigenvalue weighted by Gasteiger charge is -2.13. The molecule has 0 aromatic heterocycles. The molecule has 76 valence electrons. The Labute approximate surface area is 91.6 Å². The van der Waals surface area contributed by atoms with E-state index in [1.54, 1.807) is 0 Å². The molecular formula is C13H17Cl. The second-order valence-electron chi connectivity index (χ2n) is 3.72. The minimum atomic E-state index is 0.836. The molecule has 0 saturated carbocycles. The van der Waals surface area contributed by atoms with E-state index in [2.05, 4.69) is 33.4 Å². The fourth-order valence-corrected chi connectivity index (χ4v) is 1.95. The molecule has 0 amide bonds. The van der Waals surface area contributed by atoms with Gasteiger partial charge in [-0.3, -0.25) is 0 Å². The van der Waals surface area contributed by atoms with Crippen LogP contribution in [-0.2, 0) is 0 Å². The summed E-state index contributed by atoms with van der Waals surface area (Å²) in [6.07, 6.45) is 2.17. The maximum Gasteiger partial charge on any atom is 0.0441 e. The van der Waals surface area contributed by atoms with Crippen LogP contribution < -0.4 is 0 Å². The molecule has 0 heterocycles. The van der Waals surface area contributed by atoms with Gasteiger partial charge in [0.2, 0.25) is 0 Å². The number of rotatable bonds is 3. The van der Waals surface area contributed by atoms with Gasteiger partial charge in [-0.05, 0) is 48.6 Å². The average molecular weight is 209 g/mol. The van der Waals surface area contributed by atoms with Crippen molar-refractivity contribution in [2.75, 3.05) is 0 Å². The van der Waals surface area contributed by atoms with Crippen molar-refractivity contribution in [2.45, 2.75) is 33.6 Å². The van der Waals surface area contributed by atoms with E-state index in [1.165, 1.54) is 16.7 Å². The molecule has 1 aromatic carbocycles. The SMILES string of the molecule is C=C(CCC)c1c(C)ccc(Cl)c1C. The van der Waals surface area contributed by atoms with Crippen LogP contribution in [0.15, 0.2) is 18.7 Å². The Morgan fingerprint density at radius 1 is 1.36 bits per heavy atom. The van der Waals surface area contributed by atoms with Gasteiger partial charge in [-0.25, -0.2) is 0 Å². The summed E-state index contributed by atoms with van der Waals surface area (Å²) < 4.78 is 0. The second kappa shape index (κ2) is 4.65. The van der Waals surface area contributed by atoms with Crippen molar-refractivity contribution in [1.82, 2.24) is 0 Å². The summed E-state index contributed by atoms with van der Waals surface area (Å²) >= 11 is 6.09. The molecule has 0 N–H and O–H groups in total. The van der Waals surface area contributed by atoms with Crippen molar-refractivity contribution in [1.29, 1.82) is 0 Å². The lowest BCUT2D eigenvalue weighted by atomic mass is 9.94. The largest absolute Gasteiger partial charge is 0.0952 e. The van der Waals surface area contributed by atoms with E-state index in [9.17, 15) is 0 Å². The third-order valence-electron chi connectivity index (χ3n) is 2.51. The fourth-order valence-electron chi connectivity index (χ4n) is 1.79. The zero-order valence-corrected chi connectivity index (χ0v) is 9.91. The van der Waals surface area contributed by atoms with Crippen molar-refractivity contribution < 1.29 is 0 Å². The van der Waals surface area contributed by atoms with Gasteiger partial charge in [-0.1, -0.05) is 37.6 Å². The van der Waals surface area contributed by atoms with Gasteiger partial charge >= 0.3 is 0 Å². The summed E-state index contributed by atoms with van der Waals surface area (Å²) in [7, 11) is 0. The van der Waals surface area contributed by atoms with E-state index in [0.717, 1.165) is 23.4 Å². The van der Waals surface area contributed by atoms with Crippen LogP contribution in [0.5, 0.6) is 0 Å². The quantitative estimate of drug-likeness (QED) is 0.671. The van der Waals surface area contributed by atoms with Gasteiger partial charge in [0.25, 0.3) is 0 Å². The summed E-state index contributed by atoms with van der Waals surface area (Å²) in [4.78, 5) is 0. The minimum Gasteiger partial charge on any atom is -0.0952 e. The van der Waals surface area contributed by atoms with Crippen molar-refractivity contribution >= 4 is 17.2 Å². The van der Waals surface area contributed by atoms with E-state index in [0.29, 0.717) is 0 Å². The topological polar surface area (TPSA) is 0 Å². The molecule has 1 rings (SSSR count). The van der Waals surface area contributed by atoms with E-state index in [4.69, 9.17) is 11.6 Å². The molecule has 0 aliphatic carbocycles. The van der Waals surface area contributed by atoms with Gasteiger partial charge in [0.05, 0.1) is 0 Å². The highest BCUT2D eigenvalue weighted by molar-refractivity contribution is 6.31. The number of allylic oxidation sites excluding steroid dienone is 1.